The van der Waals surface area contributed by atoms with Gasteiger partial charge in [0, 0.05) is 36.3 Å². The van der Waals surface area contributed by atoms with Crippen LogP contribution < -0.4 is 10.2 Å². The van der Waals surface area contributed by atoms with Gasteiger partial charge in [-0.15, -0.1) is 0 Å². The molecule has 0 bridgehead atoms. The van der Waals surface area contributed by atoms with Crippen molar-refractivity contribution in [1.82, 2.24) is 24.8 Å². The van der Waals surface area contributed by atoms with Gasteiger partial charge in [-0.3, -0.25) is 9.69 Å². The number of piperidine rings is 1. The first-order chi connectivity index (χ1) is 15.0. The third kappa shape index (κ3) is 5.08. The number of nitrogens with one attached hydrogen (secondary N) is 1. The number of hydrogen-bond donors (Lipinski definition) is 1. The molecule has 0 atom stereocenters. The average Bonchev–Trinajstić information content (AvgIpc) is 2.79. The molecule has 31 heavy (non-hydrogen) atoms. The molecule has 3 aromatic rings. The molecule has 0 unspecified atom stereocenters. The normalized spacial score (nSPS) is 15.1. The minimum absolute atomic E-state index is 0.199. The van der Waals surface area contributed by atoms with Gasteiger partial charge in [-0.1, -0.05) is 22.0 Å². The summed E-state index contributed by atoms with van der Waals surface area (Å²) in [6.45, 7) is 1.99. The fourth-order valence-electron chi connectivity index (χ4n) is 3.68. The van der Waals surface area contributed by atoms with Crippen LogP contribution in [0.3, 0.4) is 0 Å². The summed E-state index contributed by atoms with van der Waals surface area (Å²) in [7, 11) is 3.43. The van der Waals surface area contributed by atoms with Gasteiger partial charge in [-0.05, 0) is 31.0 Å². The van der Waals surface area contributed by atoms with Crippen molar-refractivity contribution in [2.24, 2.45) is 0 Å². The number of halogens is 1. The summed E-state index contributed by atoms with van der Waals surface area (Å²) in [5.74, 6) is 1.06. The molecule has 2 aromatic heterocycles. The molecule has 4 rings (SSSR count). The molecule has 0 aliphatic carbocycles. The molecule has 9 nitrogen and oxygen atoms in total. The molecule has 0 radical (unpaired) electrons. The van der Waals surface area contributed by atoms with Gasteiger partial charge in [0.15, 0.2) is 5.82 Å². The maximum absolute atomic E-state index is 11.5. The fraction of sp³-hybridized carbons (Fsp3) is 0.381. The van der Waals surface area contributed by atoms with Crippen molar-refractivity contribution in [2.75, 3.05) is 44.0 Å². The lowest BCUT2D eigenvalue weighted by Gasteiger charge is -2.36. The summed E-state index contributed by atoms with van der Waals surface area (Å²) in [6.07, 6.45) is 5.08. The number of benzene rings is 1. The van der Waals surface area contributed by atoms with Crippen LogP contribution in [-0.2, 0) is 9.53 Å². The van der Waals surface area contributed by atoms with Crippen LogP contribution in [0.1, 0.15) is 12.8 Å². The Morgan fingerprint density at radius 1 is 1.29 bits per heavy atom. The van der Waals surface area contributed by atoms with E-state index in [1.54, 1.807) is 6.20 Å². The molecule has 10 heteroatoms. The van der Waals surface area contributed by atoms with Crippen molar-refractivity contribution in [3.8, 4) is 0 Å². The monoisotopic (exact) mass is 485 g/mol. The predicted molar refractivity (Wildman–Crippen MR) is 122 cm³/mol. The van der Waals surface area contributed by atoms with Crippen molar-refractivity contribution >= 4 is 50.4 Å². The highest BCUT2D eigenvalue weighted by atomic mass is 79.9. The third-order valence-electron chi connectivity index (χ3n) is 5.45. The molecule has 3 heterocycles. The standard InChI is InChI=1S/C21H24BrN7O2/c1-28(16-6-8-29(9-7-16)12-18(30)31-2)21-23-11-17-19(27-21)20(25-13-24-17)26-15-5-3-4-14(22)10-15/h3-5,10-11,13,16H,6-9,12H2,1-2H3,(H,24,25,26). The summed E-state index contributed by atoms with van der Waals surface area (Å²) >= 11 is 3.49. The highest BCUT2D eigenvalue weighted by Crippen LogP contribution is 2.26. The number of carbonyl (C=O) groups excluding carboxylic acids is 1. The maximum Gasteiger partial charge on any atom is 0.319 e. The lowest BCUT2D eigenvalue weighted by molar-refractivity contribution is -0.142. The van der Waals surface area contributed by atoms with Crippen LogP contribution >= 0.6 is 15.9 Å². The minimum Gasteiger partial charge on any atom is -0.468 e. The Hall–Kier alpha value is -2.85. The highest BCUT2D eigenvalue weighted by Gasteiger charge is 2.25. The molecule has 1 fully saturated rings. The summed E-state index contributed by atoms with van der Waals surface area (Å²) in [5, 5.41) is 3.32. The van der Waals surface area contributed by atoms with Gasteiger partial charge in [-0.25, -0.2) is 19.9 Å². The molecular formula is C21H24BrN7O2. The molecule has 0 saturated carbocycles. The molecule has 1 N–H and O–H groups in total. The average molecular weight is 486 g/mol. The maximum atomic E-state index is 11.5. The number of nitrogens with zero attached hydrogens (tertiary/aromatic N) is 6. The number of anilines is 3. The van der Waals surface area contributed by atoms with E-state index in [-0.39, 0.29) is 12.0 Å². The molecule has 1 aromatic carbocycles. The molecule has 1 aliphatic heterocycles. The summed E-state index contributed by atoms with van der Waals surface area (Å²) < 4.78 is 5.74. The second kappa shape index (κ2) is 9.52. The quantitative estimate of drug-likeness (QED) is 0.528. The largest absolute Gasteiger partial charge is 0.468 e. The highest BCUT2D eigenvalue weighted by molar-refractivity contribution is 9.10. The number of likely N-dealkylation sites (tertiary alicyclic amines) is 1. The molecule has 1 aliphatic rings. The van der Waals surface area contributed by atoms with Gasteiger partial charge < -0.3 is 15.0 Å². The van der Waals surface area contributed by atoms with Gasteiger partial charge in [0.1, 0.15) is 17.4 Å². The summed E-state index contributed by atoms with van der Waals surface area (Å²) in [4.78, 5) is 33.7. The van der Waals surface area contributed by atoms with Crippen LogP contribution in [0, 0.1) is 0 Å². The second-order valence-electron chi connectivity index (χ2n) is 7.46. The zero-order valence-electron chi connectivity index (χ0n) is 17.5. The zero-order chi connectivity index (χ0) is 21.8. The third-order valence-corrected chi connectivity index (χ3v) is 5.95. The second-order valence-corrected chi connectivity index (χ2v) is 8.37. The fourth-order valence-corrected chi connectivity index (χ4v) is 4.08. The van der Waals surface area contributed by atoms with E-state index < -0.39 is 0 Å². The van der Waals surface area contributed by atoms with Gasteiger partial charge in [0.05, 0.1) is 19.9 Å². The Kier molecular flexibility index (Phi) is 6.57. The lowest BCUT2D eigenvalue weighted by atomic mass is 10.0. The molecule has 162 valence electrons. The van der Waals surface area contributed by atoms with Gasteiger partial charge in [-0.2, -0.15) is 0 Å². The summed E-state index contributed by atoms with van der Waals surface area (Å²) in [6, 6.07) is 8.16. The molecular weight excluding hydrogens is 462 g/mol. The Balaban J connectivity index is 1.51. The number of methoxy groups -OCH3 is 1. The van der Waals surface area contributed by atoms with Crippen molar-refractivity contribution < 1.29 is 9.53 Å². The van der Waals surface area contributed by atoms with E-state index in [9.17, 15) is 4.79 Å². The van der Waals surface area contributed by atoms with Gasteiger partial charge in [0.25, 0.3) is 0 Å². The van der Waals surface area contributed by atoms with Crippen LogP contribution in [0.25, 0.3) is 11.0 Å². The van der Waals surface area contributed by atoms with Crippen LogP contribution in [0.5, 0.6) is 0 Å². The zero-order valence-corrected chi connectivity index (χ0v) is 19.0. The van der Waals surface area contributed by atoms with E-state index in [1.165, 1.54) is 13.4 Å². The van der Waals surface area contributed by atoms with E-state index >= 15 is 0 Å². The van der Waals surface area contributed by atoms with E-state index in [1.807, 2.05) is 31.3 Å². The van der Waals surface area contributed by atoms with Gasteiger partial charge in [0.2, 0.25) is 5.95 Å². The van der Waals surface area contributed by atoms with Gasteiger partial charge >= 0.3 is 5.97 Å². The number of aromatic nitrogens is 4. The van der Waals surface area contributed by atoms with Crippen LogP contribution in [-0.4, -0.2) is 70.6 Å². The first kappa shape index (κ1) is 21.4. The predicted octanol–water partition coefficient (Wildman–Crippen LogP) is 3.00. The number of esters is 1. The van der Waals surface area contributed by atoms with E-state index in [0.717, 1.165) is 36.1 Å². The van der Waals surface area contributed by atoms with Crippen molar-refractivity contribution in [1.29, 1.82) is 0 Å². The van der Waals surface area contributed by atoms with Crippen LogP contribution in [0.15, 0.2) is 41.3 Å². The Morgan fingerprint density at radius 2 is 2.10 bits per heavy atom. The number of fused-ring (bicyclic) bond motifs is 1. The Morgan fingerprint density at radius 3 is 2.84 bits per heavy atom. The van der Waals surface area contributed by atoms with Crippen molar-refractivity contribution in [3.63, 3.8) is 0 Å². The van der Waals surface area contributed by atoms with Crippen LogP contribution in [0.2, 0.25) is 0 Å². The number of ether oxygens (including phenoxy) is 1. The number of carbonyl (C=O) groups is 1. The van der Waals surface area contributed by atoms with E-state index in [0.29, 0.717) is 29.3 Å². The van der Waals surface area contributed by atoms with E-state index in [2.05, 4.69) is 46.0 Å². The topological polar surface area (TPSA) is 96.4 Å². The first-order valence-electron chi connectivity index (χ1n) is 10.1. The Bertz CT molecular complexity index is 1070. The van der Waals surface area contributed by atoms with Crippen LogP contribution in [0.4, 0.5) is 17.5 Å². The molecule has 0 amide bonds. The van der Waals surface area contributed by atoms with E-state index in [4.69, 9.17) is 9.72 Å². The smallest absolute Gasteiger partial charge is 0.319 e. The van der Waals surface area contributed by atoms with Crippen molar-refractivity contribution in [3.05, 3.63) is 41.3 Å². The minimum atomic E-state index is -0.199. The molecule has 0 spiro atoms. The summed E-state index contributed by atoms with van der Waals surface area (Å²) in [5.41, 5.74) is 2.25. The SMILES string of the molecule is COC(=O)CN1CCC(N(C)c2ncc3ncnc(Nc4cccc(Br)c4)c3n2)CC1. The Labute approximate surface area is 189 Å². The number of hydrogen-bond acceptors (Lipinski definition) is 9. The number of rotatable bonds is 6. The lowest BCUT2D eigenvalue weighted by Crippen LogP contribution is -2.45. The van der Waals surface area contributed by atoms with Crippen molar-refractivity contribution in [2.45, 2.75) is 18.9 Å². The molecule has 1 saturated heterocycles. The first-order valence-corrected chi connectivity index (χ1v) is 10.8.